The normalized spacial score (nSPS) is 15.5. The number of pyridine rings is 1. The van der Waals surface area contributed by atoms with Crippen LogP contribution in [0.5, 0.6) is 0 Å². The van der Waals surface area contributed by atoms with Gasteiger partial charge in [0.2, 0.25) is 0 Å². The maximum absolute atomic E-state index is 13.9. The molecule has 0 saturated carbocycles. The van der Waals surface area contributed by atoms with Crippen molar-refractivity contribution in [1.29, 1.82) is 0 Å². The maximum atomic E-state index is 13.9. The van der Waals surface area contributed by atoms with Gasteiger partial charge in [0.25, 0.3) is 0 Å². The van der Waals surface area contributed by atoms with Crippen LogP contribution in [0.4, 0.5) is 4.39 Å². The molecule has 186 valence electrons. The Balaban J connectivity index is 1.45. The van der Waals surface area contributed by atoms with Crippen molar-refractivity contribution in [3.8, 4) is 22.6 Å². The summed E-state index contributed by atoms with van der Waals surface area (Å²) in [5.74, 6) is 0.935. The number of hydrogen-bond acceptors (Lipinski definition) is 5. The van der Waals surface area contributed by atoms with Crippen LogP contribution in [0.3, 0.4) is 0 Å². The minimum absolute atomic E-state index is 0.0913. The van der Waals surface area contributed by atoms with Crippen LogP contribution in [0.2, 0.25) is 5.02 Å². The minimum Gasteiger partial charge on any atom is -0.376 e. The van der Waals surface area contributed by atoms with Crippen LogP contribution in [-0.4, -0.2) is 32.5 Å². The zero-order valence-corrected chi connectivity index (χ0v) is 21.6. The molecule has 0 spiro atoms. The van der Waals surface area contributed by atoms with Crippen molar-refractivity contribution in [2.24, 2.45) is 0 Å². The molecule has 1 aliphatic heterocycles. The second-order valence-corrected chi connectivity index (χ2v) is 10.4. The number of halogens is 2. The second kappa shape index (κ2) is 10.6. The molecular formula is C29H24ClFN4OS. The average Bonchev–Trinajstić information content (AvgIpc) is 3.59. The molecule has 6 rings (SSSR count). The van der Waals surface area contributed by atoms with Crippen molar-refractivity contribution in [2.75, 3.05) is 6.61 Å². The summed E-state index contributed by atoms with van der Waals surface area (Å²) in [4.78, 5) is 4.93. The number of aromatic nitrogens is 4. The summed E-state index contributed by atoms with van der Waals surface area (Å²) in [6.07, 6.45) is 2.12. The fourth-order valence-corrected chi connectivity index (χ4v) is 5.87. The van der Waals surface area contributed by atoms with Crippen LogP contribution in [0.25, 0.3) is 33.5 Å². The summed E-state index contributed by atoms with van der Waals surface area (Å²) in [5.41, 5.74) is 4.49. The predicted molar refractivity (Wildman–Crippen MR) is 146 cm³/mol. The van der Waals surface area contributed by atoms with Gasteiger partial charge in [-0.1, -0.05) is 71.9 Å². The first-order valence-corrected chi connectivity index (χ1v) is 13.6. The minimum atomic E-state index is -0.307. The Bertz CT molecular complexity index is 1550. The van der Waals surface area contributed by atoms with E-state index in [2.05, 4.69) is 39.0 Å². The lowest BCUT2D eigenvalue weighted by Gasteiger charge is -2.16. The molecule has 0 aliphatic carbocycles. The fourth-order valence-electron chi connectivity index (χ4n) is 4.66. The predicted octanol–water partition coefficient (Wildman–Crippen LogP) is 7.42. The monoisotopic (exact) mass is 530 g/mol. The highest BCUT2D eigenvalue weighted by atomic mass is 35.5. The van der Waals surface area contributed by atoms with E-state index in [1.165, 1.54) is 23.9 Å². The highest BCUT2D eigenvalue weighted by Gasteiger charge is 2.23. The van der Waals surface area contributed by atoms with Crippen molar-refractivity contribution < 1.29 is 9.13 Å². The Labute approximate surface area is 223 Å². The van der Waals surface area contributed by atoms with Crippen molar-refractivity contribution in [3.63, 3.8) is 0 Å². The lowest BCUT2D eigenvalue weighted by molar-refractivity contribution is 0.0953. The van der Waals surface area contributed by atoms with E-state index >= 15 is 0 Å². The Kier molecular flexibility index (Phi) is 6.91. The fraction of sp³-hybridized carbons (Fsp3) is 0.207. The van der Waals surface area contributed by atoms with E-state index in [0.29, 0.717) is 17.3 Å². The molecule has 5 aromatic rings. The van der Waals surface area contributed by atoms with Crippen molar-refractivity contribution >= 4 is 34.3 Å². The molecule has 1 atom stereocenters. The standard InChI is InChI=1S/C29H24ClFN4OS/c30-25-13-12-21(31)15-20(25)18-37-29-34-33-28(35(29)17-22-9-6-14-36-22)24-16-27(19-7-2-1-3-8-19)32-26-11-5-4-10-23(24)26/h1-5,7-8,10-13,15-16,22H,6,9,14,17-18H2. The third kappa shape index (κ3) is 5.12. The summed E-state index contributed by atoms with van der Waals surface area (Å²) in [6.45, 7) is 1.40. The van der Waals surface area contributed by atoms with Gasteiger partial charge in [0.05, 0.1) is 23.9 Å². The number of ether oxygens (including phenoxy) is 1. The first-order chi connectivity index (χ1) is 18.2. The molecule has 2 aromatic heterocycles. The van der Waals surface area contributed by atoms with Crippen LogP contribution >= 0.6 is 23.4 Å². The largest absolute Gasteiger partial charge is 0.376 e. The molecule has 3 aromatic carbocycles. The first kappa shape index (κ1) is 24.1. The first-order valence-electron chi connectivity index (χ1n) is 12.2. The molecule has 0 amide bonds. The zero-order chi connectivity index (χ0) is 25.2. The molecule has 0 N–H and O–H groups in total. The third-order valence-electron chi connectivity index (χ3n) is 6.52. The van der Waals surface area contributed by atoms with E-state index in [4.69, 9.17) is 21.3 Å². The number of hydrogen-bond donors (Lipinski definition) is 0. The van der Waals surface area contributed by atoms with Gasteiger partial charge < -0.3 is 4.74 Å². The van der Waals surface area contributed by atoms with Gasteiger partial charge in [0.1, 0.15) is 5.82 Å². The Morgan fingerprint density at radius 2 is 1.84 bits per heavy atom. The van der Waals surface area contributed by atoms with Gasteiger partial charge in [0.15, 0.2) is 11.0 Å². The lowest BCUT2D eigenvalue weighted by Crippen LogP contribution is -2.16. The number of fused-ring (bicyclic) bond motifs is 1. The van der Waals surface area contributed by atoms with E-state index in [0.717, 1.165) is 63.7 Å². The molecule has 0 radical (unpaired) electrons. The van der Waals surface area contributed by atoms with Crippen LogP contribution in [0, 0.1) is 5.82 Å². The van der Waals surface area contributed by atoms with Crippen LogP contribution in [-0.2, 0) is 17.0 Å². The molecule has 1 fully saturated rings. The summed E-state index contributed by atoms with van der Waals surface area (Å²) < 4.78 is 22.0. The van der Waals surface area contributed by atoms with E-state index in [-0.39, 0.29) is 11.9 Å². The average molecular weight is 531 g/mol. The highest BCUT2D eigenvalue weighted by Crippen LogP contribution is 2.35. The zero-order valence-electron chi connectivity index (χ0n) is 20.0. The van der Waals surface area contributed by atoms with E-state index in [1.54, 1.807) is 6.07 Å². The van der Waals surface area contributed by atoms with Crippen LogP contribution < -0.4 is 0 Å². The number of thioether (sulfide) groups is 1. The number of para-hydroxylation sites is 1. The lowest BCUT2D eigenvalue weighted by atomic mass is 10.0. The van der Waals surface area contributed by atoms with Crippen molar-refractivity contribution in [1.82, 2.24) is 19.7 Å². The topological polar surface area (TPSA) is 52.8 Å². The molecule has 5 nitrogen and oxygen atoms in total. The van der Waals surface area contributed by atoms with Crippen LogP contribution in [0.1, 0.15) is 18.4 Å². The van der Waals surface area contributed by atoms with Gasteiger partial charge in [-0.3, -0.25) is 4.57 Å². The maximum Gasteiger partial charge on any atom is 0.191 e. The van der Waals surface area contributed by atoms with Crippen molar-refractivity contribution in [2.45, 2.75) is 36.4 Å². The molecule has 3 heterocycles. The van der Waals surface area contributed by atoms with E-state index in [9.17, 15) is 4.39 Å². The molecule has 37 heavy (non-hydrogen) atoms. The summed E-state index contributed by atoms with van der Waals surface area (Å²) in [7, 11) is 0. The Morgan fingerprint density at radius 1 is 1.00 bits per heavy atom. The van der Waals surface area contributed by atoms with Gasteiger partial charge in [0, 0.05) is 33.9 Å². The Hall–Kier alpha value is -3.26. The van der Waals surface area contributed by atoms with Gasteiger partial charge in [-0.15, -0.1) is 10.2 Å². The molecule has 1 unspecified atom stereocenters. The van der Waals surface area contributed by atoms with Crippen molar-refractivity contribution in [3.05, 3.63) is 95.3 Å². The van der Waals surface area contributed by atoms with Gasteiger partial charge in [-0.25, -0.2) is 9.37 Å². The van der Waals surface area contributed by atoms with Gasteiger partial charge >= 0.3 is 0 Å². The number of nitrogens with zero attached hydrogens (tertiary/aromatic N) is 4. The number of rotatable bonds is 7. The summed E-state index contributed by atoms with van der Waals surface area (Å²) >= 11 is 7.83. The number of benzene rings is 3. The smallest absolute Gasteiger partial charge is 0.191 e. The van der Waals surface area contributed by atoms with Crippen LogP contribution in [0.15, 0.2) is 84.0 Å². The molecule has 1 aliphatic rings. The molecular weight excluding hydrogens is 507 g/mol. The quantitative estimate of drug-likeness (QED) is 0.205. The van der Waals surface area contributed by atoms with E-state index in [1.807, 2.05) is 36.4 Å². The molecule has 8 heteroatoms. The molecule has 0 bridgehead atoms. The second-order valence-electron chi connectivity index (χ2n) is 9.01. The molecule has 1 saturated heterocycles. The third-order valence-corrected chi connectivity index (χ3v) is 7.90. The summed E-state index contributed by atoms with van der Waals surface area (Å²) in [5, 5.41) is 11.5. The SMILES string of the molecule is Fc1ccc(Cl)c(CSc2nnc(-c3cc(-c4ccccc4)nc4ccccc34)n2CC2CCCO2)c1. The Morgan fingerprint density at radius 3 is 2.68 bits per heavy atom. The van der Waals surface area contributed by atoms with Gasteiger partial charge in [-0.2, -0.15) is 0 Å². The highest BCUT2D eigenvalue weighted by molar-refractivity contribution is 7.98. The summed E-state index contributed by atoms with van der Waals surface area (Å²) in [6, 6.07) is 24.7. The van der Waals surface area contributed by atoms with Gasteiger partial charge in [-0.05, 0) is 48.7 Å². The van der Waals surface area contributed by atoms with E-state index < -0.39 is 0 Å².